The van der Waals surface area contributed by atoms with Gasteiger partial charge in [-0.05, 0) is 43.4 Å². The molecule has 2 atom stereocenters. The highest BCUT2D eigenvalue weighted by Gasteiger charge is 2.34. The molecule has 0 aliphatic carbocycles. The number of nitrogens with one attached hydrogen (secondary N) is 2. The van der Waals surface area contributed by atoms with E-state index in [0.29, 0.717) is 31.4 Å². The Morgan fingerprint density at radius 2 is 2.03 bits per heavy atom. The van der Waals surface area contributed by atoms with E-state index in [0.717, 1.165) is 31.1 Å². The van der Waals surface area contributed by atoms with E-state index in [1.807, 2.05) is 18.2 Å². The average Bonchev–Trinajstić information content (AvgIpc) is 3.28. The van der Waals surface area contributed by atoms with Gasteiger partial charge in [-0.2, -0.15) is 13.2 Å². The Bertz CT molecular complexity index is 725. The summed E-state index contributed by atoms with van der Waals surface area (Å²) in [5.74, 6) is 1.12. The van der Waals surface area contributed by atoms with Crippen LogP contribution in [0.15, 0.2) is 23.2 Å². The van der Waals surface area contributed by atoms with Crippen molar-refractivity contribution >= 4 is 23.2 Å². The number of likely N-dealkylation sites (tertiary alicyclic amines) is 1. The van der Waals surface area contributed by atoms with Gasteiger partial charge in [0.2, 0.25) is 0 Å². The molecule has 5 nitrogen and oxygen atoms in total. The van der Waals surface area contributed by atoms with E-state index in [1.165, 1.54) is 16.2 Å². The van der Waals surface area contributed by atoms with E-state index >= 15 is 0 Å². The van der Waals surface area contributed by atoms with Gasteiger partial charge in [-0.3, -0.25) is 9.89 Å². The summed E-state index contributed by atoms with van der Waals surface area (Å²) in [6, 6.07) is 5.95. The molecule has 2 unspecified atom stereocenters. The third-order valence-corrected chi connectivity index (χ3v) is 5.83. The lowest BCUT2D eigenvalue weighted by molar-refractivity contribution is -0.143. The number of hydrogen-bond donors (Lipinski definition) is 2. The van der Waals surface area contributed by atoms with Gasteiger partial charge in [0, 0.05) is 56.5 Å². The Morgan fingerprint density at radius 3 is 2.76 bits per heavy atom. The van der Waals surface area contributed by atoms with Crippen molar-refractivity contribution in [3.05, 3.63) is 28.8 Å². The van der Waals surface area contributed by atoms with Gasteiger partial charge in [-0.1, -0.05) is 17.7 Å². The first-order chi connectivity index (χ1) is 13.7. The number of hydrogen-bond acceptors (Lipinski definition) is 3. The van der Waals surface area contributed by atoms with E-state index in [9.17, 15) is 13.2 Å². The maximum Gasteiger partial charge on any atom is 0.401 e. The van der Waals surface area contributed by atoms with Crippen LogP contribution >= 0.6 is 11.6 Å². The summed E-state index contributed by atoms with van der Waals surface area (Å²) in [5, 5.41) is 7.35. The number of nitrogens with zero attached hydrogens (tertiary/aromatic N) is 3. The summed E-state index contributed by atoms with van der Waals surface area (Å²) in [4.78, 5) is 8.03. The molecule has 0 amide bonds. The molecular formula is C20H29ClF3N5. The molecule has 1 aromatic rings. The second kappa shape index (κ2) is 9.43. The monoisotopic (exact) mass is 431 g/mol. The molecule has 2 N–H and O–H groups in total. The Kier molecular flexibility index (Phi) is 7.16. The summed E-state index contributed by atoms with van der Waals surface area (Å²) in [5.41, 5.74) is 2.39. The van der Waals surface area contributed by atoms with Crippen LogP contribution in [0, 0.1) is 12.8 Å². The molecule has 2 aliphatic rings. The lowest BCUT2D eigenvalue weighted by Crippen LogP contribution is -2.46. The maximum atomic E-state index is 12.5. The Balaban J connectivity index is 1.44. The van der Waals surface area contributed by atoms with Gasteiger partial charge >= 0.3 is 6.18 Å². The highest BCUT2D eigenvalue weighted by atomic mass is 35.5. The number of guanidine groups is 1. The van der Waals surface area contributed by atoms with E-state index in [4.69, 9.17) is 11.6 Å². The van der Waals surface area contributed by atoms with Crippen LogP contribution in [-0.2, 0) is 0 Å². The van der Waals surface area contributed by atoms with E-state index in [1.54, 1.807) is 7.05 Å². The molecule has 1 aromatic carbocycles. The van der Waals surface area contributed by atoms with Crippen molar-refractivity contribution < 1.29 is 13.2 Å². The fraction of sp³-hybridized carbons (Fsp3) is 0.650. The number of rotatable bonds is 5. The average molecular weight is 432 g/mol. The third kappa shape index (κ3) is 6.40. The number of anilines is 1. The molecule has 0 saturated carbocycles. The minimum Gasteiger partial charge on any atom is -0.371 e. The lowest BCUT2D eigenvalue weighted by Gasteiger charge is -2.22. The Labute approximate surface area is 175 Å². The van der Waals surface area contributed by atoms with Gasteiger partial charge in [0.25, 0.3) is 0 Å². The van der Waals surface area contributed by atoms with Crippen molar-refractivity contribution in [2.24, 2.45) is 10.9 Å². The van der Waals surface area contributed by atoms with Crippen LogP contribution in [-0.4, -0.2) is 69.4 Å². The van der Waals surface area contributed by atoms with E-state index < -0.39 is 12.7 Å². The molecule has 2 aliphatic heterocycles. The van der Waals surface area contributed by atoms with Crippen molar-refractivity contribution in [3.63, 3.8) is 0 Å². The van der Waals surface area contributed by atoms with Crippen molar-refractivity contribution in [2.45, 2.75) is 32.0 Å². The zero-order valence-corrected chi connectivity index (χ0v) is 17.7. The number of alkyl halides is 3. The number of halogens is 4. The minimum absolute atomic E-state index is 0.0160. The number of benzene rings is 1. The number of aryl methyl sites for hydroxylation is 1. The van der Waals surface area contributed by atoms with E-state index in [-0.39, 0.29) is 6.04 Å². The van der Waals surface area contributed by atoms with Gasteiger partial charge in [0.1, 0.15) is 0 Å². The SMILES string of the molecule is CN=C(NCC1CCN(c2cc(Cl)ccc2C)C1)NC1CCN(CC(F)(F)F)C1. The van der Waals surface area contributed by atoms with Crippen LogP contribution in [0.25, 0.3) is 0 Å². The highest BCUT2D eigenvalue weighted by molar-refractivity contribution is 6.30. The van der Waals surface area contributed by atoms with Crippen LogP contribution in [0.5, 0.6) is 0 Å². The zero-order valence-electron chi connectivity index (χ0n) is 16.9. The molecule has 2 saturated heterocycles. The molecule has 2 heterocycles. The smallest absolute Gasteiger partial charge is 0.371 e. The molecule has 2 fully saturated rings. The van der Waals surface area contributed by atoms with Crippen LogP contribution < -0.4 is 15.5 Å². The topological polar surface area (TPSA) is 42.9 Å². The molecule has 3 rings (SSSR count). The van der Waals surface area contributed by atoms with Crippen LogP contribution in [0.3, 0.4) is 0 Å². The first kappa shape index (κ1) is 22.0. The molecule has 29 heavy (non-hydrogen) atoms. The van der Waals surface area contributed by atoms with Crippen molar-refractivity contribution in [3.8, 4) is 0 Å². The zero-order chi connectivity index (χ0) is 21.0. The van der Waals surface area contributed by atoms with Gasteiger partial charge in [-0.25, -0.2) is 0 Å². The van der Waals surface area contributed by atoms with Crippen molar-refractivity contribution in [2.75, 3.05) is 51.2 Å². The van der Waals surface area contributed by atoms with Gasteiger partial charge in [-0.15, -0.1) is 0 Å². The highest BCUT2D eigenvalue weighted by Crippen LogP contribution is 2.29. The fourth-order valence-electron chi connectivity index (χ4n) is 4.12. The van der Waals surface area contributed by atoms with Crippen molar-refractivity contribution in [1.29, 1.82) is 0 Å². The molecule has 9 heteroatoms. The van der Waals surface area contributed by atoms with Crippen LogP contribution in [0.4, 0.5) is 18.9 Å². The summed E-state index contributed by atoms with van der Waals surface area (Å²) in [6.07, 6.45) is -2.40. The lowest BCUT2D eigenvalue weighted by atomic mass is 10.1. The summed E-state index contributed by atoms with van der Waals surface area (Å²) < 4.78 is 37.6. The van der Waals surface area contributed by atoms with E-state index in [2.05, 4.69) is 27.4 Å². The van der Waals surface area contributed by atoms with Crippen LogP contribution in [0.1, 0.15) is 18.4 Å². The molecule has 0 radical (unpaired) electrons. The molecule has 0 bridgehead atoms. The molecule has 0 aromatic heterocycles. The normalized spacial score (nSPS) is 23.7. The first-order valence-electron chi connectivity index (χ1n) is 10.0. The maximum absolute atomic E-state index is 12.5. The predicted molar refractivity (Wildman–Crippen MR) is 112 cm³/mol. The second-order valence-electron chi connectivity index (χ2n) is 7.96. The predicted octanol–water partition coefficient (Wildman–Crippen LogP) is 3.28. The summed E-state index contributed by atoms with van der Waals surface area (Å²) in [6.45, 7) is 4.76. The molecule has 162 valence electrons. The molecule has 0 spiro atoms. The summed E-state index contributed by atoms with van der Waals surface area (Å²) in [7, 11) is 1.69. The first-order valence-corrected chi connectivity index (χ1v) is 10.4. The summed E-state index contributed by atoms with van der Waals surface area (Å²) >= 11 is 6.15. The Hall–Kier alpha value is -1.67. The van der Waals surface area contributed by atoms with Gasteiger partial charge < -0.3 is 15.5 Å². The quantitative estimate of drug-likeness (QED) is 0.554. The van der Waals surface area contributed by atoms with Gasteiger partial charge in [0.15, 0.2) is 5.96 Å². The molecular weight excluding hydrogens is 403 g/mol. The minimum atomic E-state index is -4.15. The largest absolute Gasteiger partial charge is 0.401 e. The van der Waals surface area contributed by atoms with Crippen LogP contribution in [0.2, 0.25) is 5.02 Å². The second-order valence-corrected chi connectivity index (χ2v) is 8.40. The Morgan fingerprint density at radius 1 is 1.24 bits per heavy atom. The van der Waals surface area contributed by atoms with Crippen molar-refractivity contribution in [1.82, 2.24) is 15.5 Å². The standard InChI is InChI=1S/C20H29ClF3N5/c1-14-3-4-16(21)9-18(14)29-8-5-15(11-29)10-26-19(25-2)27-17-6-7-28(12-17)13-20(22,23)24/h3-4,9,15,17H,5-8,10-13H2,1-2H3,(H2,25,26,27). The number of aliphatic imine (C=N–C) groups is 1. The fourth-order valence-corrected chi connectivity index (χ4v) is 4.28. The third-order valence-electron chi connectivity index (χ3n) is 5.60. The van der Waals surface area contributed by atoms with Gasteiger partial charge in [0.05, 0.1) is 6.54 Å².